The molecule has 0 unspecified atom stereocenters. The van der Waals surface area contributed by atoms with E-state index in [1.54, 1.807) is 4.90 Å². The number of guanidine groups is 1. The van der Waals surface area contributed by atoms with Gasteiger partial charge in [-0.2, -0.15) is 5.10 Å². The summed E-state index contributed by atoms with van der Waals surface area (Å²) in [4.78, 5) is 18.7. The van der Waals surface area contributed by atoms with Gasteiger partial charge in [-0.25, -0.2) is 0 Å². The fourth-order valence-electron chi connectivity index (χ4n) is 2.58. The standard InChI is InChI=1S/C17H31N7O3/c1-4-8-13(9-5-2)14(25)24(11-6-3)16-21-17(27-23-16)26-12-7-10-20-22-15(18)19/h10,13H,4-9,11-12H2,1-3H3,(H4,18,19,22)/b20-10+. The molecule has 1 aromatic heterocycles. The first-order valence-electron chi connectivity index (χ1n) is 9.41. The molecule has 4 N–H and O–H groups in total. The molecule has 27 heavy (non-hydrogen) atoms. The molecule has 1 amide bonds. The van der Waals surface area contributed by atoms with Crippen molar-refractivity contribution >= 4 is 24.0 Å². The summed E-state index contributed by atoms with van der Waals surface area (Å²) in [7, 11) is 0. The summed E-state index contributed by atoms with van der Waals surface area (Å²) in [6, 6.07) is 0. The first kappa shape index (κ1) is 22.4. The van der Waals surface area contributed by atoms with Crippen LogP contribution < -0.4 is 21.1 Å². The maximum absolute atomic E-state index is 12.9. The highest BCUT2D eigenvalue weighted by molar-refractivity contribution is 5.93. The molecule has 10 heteroatoms. The zero-order valence-corrected chi connectivity index (χ0v) is 16.4. The lowest BCUT2D eigenvalue weighted by atomic mass is 9.96. The summed E-state index contributed by atoms with van der Waals surface area (Å²) in [6.45, 7) is 6.96. The van der Waals surface area contributed by atoms with Gasteiger partial charge < -0.3 is 16.2 Å². The molecule has 0 saturated heterocycles. The van der Waals surface area contributed by atoms with Crippen molar-refractivity contribution in [2.24, 2.45) is 27.6 Å². The average Bonchev–Trinajstić information content (AvgIpc) is 3.10. The van der Waals surface area contributed by atoms with Crippen LogP contribution in [0.5, 0.6) is 6.08 Å². The van der Waals surface area contributed by atoms with Crippen molar-refractivity contribution in [1.29, 1.82) is 0 Å². The Morgan fingerprint density at radius 2 is 1.96 bits per heavy atom. The fraction of sp³-hybridized carbons (Fsp3) is 0.706. The first-order chi connectivity index (χ1) is 13.0. The van der Waals surface area contributed by atoms with Crippen LogP contribution in [0.3, 0.4) is 0 Å². The molecular formula is C17H31N7O3. The number of nitrogens with zero attached hydrogens (tertiary/aromatic N) is 5. The zero-order chi connectivity index (χ0) is 20.1. The van der Waals surface area contributed by atoms with Gasteiger partial charge >= 0.3 is 6.08 Å². The summed E-state index contributed by atoms with van der Waals surface area (Å²) in [6.07, 6.45) is 6.38. The van der Waals surface area contributed by atoms with Crippen molar-refractivity contribution in [2.45, 2.75) is 59.3 Å². The fourth-order valence-corrected chi connectivity index (χ4v) is 2.58. The van der Waals surface area contributed by atoms with Crippen LogP contribution >= 0.6 is 0 Å². The third-order valence-electron chi connectivity index (χ3n) is 3.70. The second-order valence-corrected chi connectivity index (χ2v) is 6.08. The lowest BCUT2D eigenvalue weighted by Gasteiger charge is -2.23. The number of nitrogens with two attached hydrogens (primary N) is 2. The molecule has 0 aliphatic carbocycles. The van der Waals surface area contributed by atoms with Gasteiger partial charge in [-0.3, -0.25) is 14.2 Å². The van der Waals surface area contributed by atoms with Crippen LogP contribution in [-0.4, -0.2) is 41.4 Å². The van der Waals surface area contributed by atoms with Gasteiger partial charge in [0, 0.05) is 25.1 Å². The van der Waals surface area contributed by atoms with Crippen molar-refractivity contribution in [3.05, 3.63) is 0 Å². The average molecular weight is 381 g/mol. The lowest BCUT2D eigenvalue weighted by molar-refractivity contribution is -0.123. The summed E-state index contributed by atoms with van der Waals surface area (Å²) < 4.78 is 10.5. The van der Waals surface area contributed by atoms with Crippen LogP contribution in [0.2, 0.25) is 0 Å². The second kappa shape index (κ2) is 12.7. The third kappa shape index (κ3) is 8.06. The number of hydrogen-bond donors (Lipinski definition) is 2. The molecule has 1 aromatic rings. The number of ether oxygens (including phenoxy) is 1. The number of hydrogen-bond acceptors (Lipinski definition) is 7. The van der Waals surface area contributed by atoms with Gasteiger partial charge in [-0.15, -0.1) is 10.1 Å². The van der Waals surface area contributed by atoms with Gasteiger partial charge in [0.05, 0.1) is 6.61 Å². The van der Waals surface area contributed by atoms with Gasteiger partial charge in [0.1, 0.15) is 0 Å². The predicted molar refractivity (Wildman–Crippen MR) is 105 cm³/mol. The van der Waals surface area contributed by atoms with Crippen molar-refractivity contribution < 1.29 is 14.1 Å². The molecule has 0 spiro atoms. The number of amides is 1. The summed E-state index contributed by atoms with van der Waals surface area (Å²) in [5.41, 5.74) is 10.3. The van der Waals surface area contributed by atoms with E-state index in [1.807, 2.05) is 6.92 Å². The van der Waals surface area contributed by atoms with Gasteiger partial charge in [0.25, 0.3) is 5.95 Å². The van der Waals surface area contributed by atoms with Gasteiger partial charge in [-0.05, 0) is 24.4 Å². The van der Waals surface area contributed by atoms with Gasteiger partial charge in [0.2, 0.25) is 11.9 Å². The molecule has 0 bridgehead atoms. The quantitative estimate of drug-likeness (QED) is 0.230. The smallest absolute Gasteiger partial charge is 0.418 e. The van der Waals surface area contributed by atoms with E-state index >= 15 is 0 Å². The van der Waals surface area contributed by atoms with Gasteiger partial charge in [0.15, 0.2) is 0 Å². The van der Waals surface area contributed by atoms with Crippen LogP contribution in [-0.2, 0) is 4.79 Å². The van der Waals surface area contributed by atoms with Crippen LogP contribution in [0.25, 0.3) is 0 Å². The highest BCUT2D eigenvalue weighted by atomic mass is 16.6. The normalized spacial score (nSPS) is 11.1. The molecule has 152 valence electrons. The highest BCUT2D eigenvalue weighted by Crippen LogP contribution is 2.22. The number of aromatic nitrogens is 2. The van der Waals surface area contributed by atoms with Crippen molar-refractivity contribution in [3.8, 4) is 6.08 Å². The summed E-state index contributed by atoms with van der Waals surface area (Å²) >= 11 is 0. The Bertz CT molecular complexity index is 605. The van der Waals surface area contributed by atoms with E-state index in [2.05, 4.69) is 34.2 Å². The monoisotopic (exact) mass is 381 g/mol. The Labute approximate surface area is 160 Å². The molecule has 1 heterocycles. The minimum atomic E-state index is -0.112. The number of anilines is 1. The number of rotatable bonds is 13. The van der Waals surface area contributed by atoms with E-state index in [0.717, 1.165) is 32.1 Å². The molecular weight excluding hydrogens is 350 g/mol. The highest BCUT2D eigenvalue weighted by Gasteiger charge is 2.27. The predicted octanol–water partition coefficient (Wildman–Crippen LogP) is 2.06. The number of carbonyl (C=O) groups excluding carboxylic acids is 1. The lowest BCUT2D eigenvalue weighted by Crippen LogP contribution is -2.37. The Hall–Kier alpha value is -2.65. The zero-order valence-electron chi connectivity index (χ0n) is 16.4. The van der Waals surface area contributed by atoms with Crippen LogP contribution in [0.1, 0.15) is 59.3 Å². The maximum Gasteiger partial charge on any atom is 0.418 e. The Morgan fingerprint density at radius 3 is 2.56 bits per heavy atom. The van der Waals surface area contributed by atoms with Crippen molar-refractivity contribution in [2.75, 3.05) is 18.1 Å². The Morgan fingerprint density at radius 1 is 1.26 bits per heavy atom. The molecule has 0 aliphatic rings. The number of carbonyl (C=O) groups is 1. The molecule has 0 radical (unpaired) electrons. The molecule has 0 atom stereocenters. The molecule has 0 saturated carbocycles. The van der Waals surface area contributed by atoms with E-state index in [1.165, 1.54) is 6.21 Å². The van der Waals surface area contributed by atoms with E-state index in [9.17, 15) is 4.79 Å². The largest absolute Gasteiger partial charge is 0.448 e. The summed E-state index contributed by atoms with van der Waals surface area (Å²) in [5.74, 6) is 0.139. The molecule has 1 rings (SSSR count). The van der Waals surface area contributed by atoms with Crippen molar-refractivity contribution in [3.63, 3.8) is 0 Å². The molecule has 10 nitrogen and oxygen atoms in total. The van der Waals surface area contributed by atoms with E-state index in [-0.39, 0.29) is 36.4 Å². The van der Waals surface area contributed by atoms with E-state index < -0.39 is 0 Å². The van der Waals surface area contributed by atoms with E-state index in [4.69, 9.17) is 20.7 Å². The summed E-state index contributed by atoms with van der Waals surface area (Å²) in [5, 5.41) is 11.0. The minimum Gasteiger partial charge on any atom is -0.448 e. The van der Waals surface area contributed by atoms with Crippen molar-refractivity contribution in [1.82, 2.24) is 10.1 Å². The van der Waals surface area contributed by atoms with Crippen LogP contribution in [0.4, 0.5) is 5.95 Å². The first-order valence-corrected chi connectivity index (χ1v) is 9.41. The molecule has 0 aliphatic heterocycles. The van der Waals surface area contributed by atoms with Crippen LogP contribution in [0.15, 0.2) is 14.7 Å². The van der Waals surface area contributed by atoms with E-state index in [0.29, 0.717) is 13.0 Å². The molecule has 0 fully saturated rings. The van der Waals surface area contributed by atoms with Gasteiger partial charge in [-0.1, -0.05) is 33.6 Å². The molecule has 0 aromatic carbocycles. The topological polar surface area (TPSA) is 145 Å². The third-order valence-corrected chi connectivity index (χ3v) is 3.70. The van der Waals surface area contributed by atoms with Crippen LogP contribution in [0, 0.1) is 5.92 Å². The Kier molecular flexibility index (Phi) is 10.5. The second-order valence-electron chi connectivity index (χ2n) is 6.08. The Balaban J connectivity index is 2.70. The minimum absolute atomic E-state index is 0.0108. The SMILES string of the molecule is CCCC(CCC)C(=O)N(CCC)c1noc(OCC/C=N/N=C(N)N)n1. The maximum atomic E-state index is 12.9.